The lowest BCUT2D eigenvalue weighted by atomic mass is 9.90. The van der Waals surface area contributed by atoms with Crippen LogP contribution in [0.25, 0.3) is 5.57 Å². The van der Waals surface area contributed by atoms with Crippen molar-refractivity contribution in [2.45, 2.75) is 60.4 Å². The molecule has 0 saturated heterocycles. The summed E-state index contributed by atoms with van der Waals surface area (Å²) in [7, 11) is 3.42. The van der Waals surface area contributed by atoms with Crippen LogP contribution in [0.3, 0.4) is 0 Å². The molecular weight excluding hydrogens is 506 g/mol. The van der Waals surface area contributed by atoms with Crippen molar-refractivity contribution in [1.29, 1.82) is 5.41 Å². The van der Waals surface area contributed by atoms with E-state index in [4.69, 9.17) is 16.9 Å². The molecule has 3 rings (SSSR count). The number of aromatic nitrogens is 2. The van der Waals surface area contributed by atoms with E-state index in [2.05, 4.69) is 23.4 Å². The smallest absolute Gasteiger partial charge is 0.276 e. The van der Waals surface area contributed by atoms with Gasteiger partial charge >= 0.3 is 0 Å². The zero-order chi connectivity index (χ0) is 30.2. The van der Waals surface area contributed by atoms with Crippen LogP contribution < -0.4 is 17.0 Å². The minimum atomic E-state index is -0.349. The number of aliphatic hydroxyl groups excluding tert-OH is 1. The van der Waals surface area contributed by atoms with E-state index in [1.807, 2.05) is 26.8 Å². The van der Waals surface area contributed by atoms with Crippen LogP contribution in [0.2, 0.25) is 0 Å². The number of amidine groups is 2. The molecule has 0 aliphatic heterocycles. The molecule has 1 aliphatic rings. The molecule has 2 aromatic heterocycles. The Morgan fingerprint density at radius 3 is 2.52 bits per heavy atom. The quantitative estimate of drug-likeness (QED) is 0.202. The van der Waals surface area contributed by atoms with Gasteiger partial charge in [0.05, 0.1) is 12.3 Å². The maximum atomic E-state index is 12.6. The van der Waals surface area contributed by atoms with Crippen molar-refractivity contribution in [3.8, 4) is 0 Å². The summed E-state index contributed by atoms with van der Waals surface area (Å²) in [6.07, 6.45) is 7.55. The minimum absolute atomic E-state index is 0.0909. The Bertz CT molecular complexity index is 1380. The third kappa shape index (κ3) is 7.18. The van der Waals surface area contributed by atoms with Gasteiger partial charge in [-0.25, -0.2) is 4.99 Å². The number of aldehydes is 1. The Labute approximate surface area is 237 Å². The Morgan fingerprint density at radius 1 is 1.27 bits per heavy atom. The second-order valence-corrected chi connectivity index (χ2v) is 10.5. The summed E-state index contributed by atoms with van der Waals surface area (Å²) in [6, 6.07) is 3.59. The van der Waals surface area contributed by atoms with E-state index in [0.29, 0.717) is 36.3 Å². The van der Waals surface area contributed by atoms with Gasteiger partial charge in [-0.3, -0.25) is 15.0 Å². The fraction of sp³-hybridized carbons (Fsp3) is 0.467. The fourth-order valence-corrected chi connectivity index (χ4v) is 5.14. The van der Waals surface area contributed by atoms with E-state index >= 15 is 0 Å². The van der Waals surface area contributed by atoms with Gasteiger partial charge in [0, 0.05) is 44.6 Å². The average Bonchev–Trinajstić information content (AvgIpc) is 3.39. The Kier molecular flexibility index (Phi) is 11.2. The van der Waals surface area contributed by atoms with Gasteiger partial charge in [0.2, 0.25) is 0 Å². The van der Waals surface area contributed by atoms with E-state index in [9.17, 15) is 14.7 Å². The summed E-state index contributed by atoms with van der Waals surface area (Å²) in [6.45, 7) is 11.1. The molecule has 0 radical (unpaired) electrons. The highest BCUT2D eigenvalue weighted by atomic mass is 16.3. The molecule has 10 nitrogen and oxygen atoms in total. The molecule has 0 bridgehead atoms. The third-order valence-electron chi connectivity index (χ3n) is 7.00. The summed E-state index contributed by atoms with van der Waals surface area (Å²) < 4.78 is 3.46. The predicted octanol–water partition coefficient (Wildman–Crippen LogP) is 3.38. The molecular formula is C30H45N7O3. The summed E-state index contributed by atoms with van der Waals surface area (Å²) in [5.74, 6) is 0.263. The van der Waals surface area contributed by atoms with Crippen LogP contribution in [0.15, 0.2) is 46.0 Å². The SMILES string of the molecule is CC.CC/C(=C(/CO)C(=N)N(C)CCn1c(C=O)cc2c1CC(C)(C)C2)c1cc(N=C(N)/C=C\N)c(=O)n(C)c1. The molecule has 0 saturated carbocycles. The second-order valence-electron chi connectivity index (χ2n) is 10.5. The van der Waals surface area contributed by atoms with Crippen molar-refractivity contribution >= 4 is 29.2 Å². The molecule has 0 aromatic carbocycles. The number of allylic oxidation sites excluding steroid dienone is 1. The number of nitrogens with one attached hydrogen (secondary N) is 1. The monoisotopic (exact) mass is 551 g/mol. The van der Waals surface area contributed by atoms with Crippen molar-refractivity contribution < 1.29 is 9.90 Å². The highest BCUT2D eigenvalue weighted by Crippen LogP contribution is 2.37. The van der Waals surface area contributed by atoms with Gasteiger partial charge in [-0.15, -0.1) is 0 Å². The van der Waals surface area contributed by atoms with Gasteiger partial charge in [0.1, 0.15) is 17.4 Å². The van der Waals surface area contributed by atoms with Crippen molar-refractivity contribution in [2.75, 3.05) is 20.2 Å². The summed E-state index contributed by atoms with van der Waals surface area (Å²) in [4.78, 5) is 30.3. The number of rotatable bonds is 10. The van der Waals surface area contributed by atoms with E-state index in [-0.39, 0.29) is 34.9 Å². The largest absolute Gasteiger partial charge is 0.404 e. The molecule has 0 amide bonds. The van der Waals surface area contributed by atoms with Crippen LogP contribution in [-0.4, -0.2) is 57.3 Å². The normalized spacial score (nSPS) is 14.8. The zero-order valence-corrected chi connectivity index (χ0v) is 24.9. The van der Waals surface area contributed by atoms with Crippen LogP contribution in [-0.2, 0) is 26.4 Å². The number of aliphatic hydroxyl groups is 1. The third-order valence-corrected chi connectivity index (χ3v) is 7.00. The minimum Gasteiger partial charge on any atom is -0.404 e. The van der Waals surface area contributed by atoms with E-state index in [1.165, 1.54) is 28.1 Å². The highest BCUT2D eigenvalue weighted by Gasteiger charge is 2.32. The number of carbonyl (C=O) groups excluding carboxylic acids is 1. The van der Waals surface area contributed by atoms with Crippen molar-refractivity contribution in [3.63, 3.8) is 0 Å². The average molecular weight is 552 g/mol. The van der Waals surface area contributed by atoms with Gasteiger partial charge in [-0.05, 0) is 65.8 Å². The maximum Gasteiger partial charge on any atom is 0.276 e. The highest BCUT2D eigenvalue weighted by molar-refractivity contribution is 6.03. The lowest BCUT2D eigenvalue weighted by molar-refractivity contribution is 0.111. The lowest BCUT2D eigenvalue weighted by Crippen LogP contribution is -2.33. The molecule has 0 atom stereocenters. The topological polar surface area (TPSA) is 156 Å². The molecule has 0 unspecified atom stereocenters. The Balaban J connectivity index is 0.00000274. The number of likely N-dealkylation sites (N-methyl/N-ethyl adjacent to an activating group) is 1. The fourth-order valence-electron chi connectivity index (χ4n) is 5.14. The van der Waals surface area contributed by atoms with E-state index < -0.39 is 0 Å². The number of carbonyl (C=O) groups is 1. The summed E-state index contributed by atoms with van der Waals surface area (Å²) in [5, 5.41) is 19.2. The number of aryl methyl sites for hydroxylation is 1. The number of nitrogens with two attached hydrogens (primary N) is 2. The van der Waals surface area contributed by atoms with Gasteiger partial charge in [0.15, 0.2) is 6.29 Å². The second kappa shape index (κ2) is 13.9. The number of aliphatic imine (C=N–C) groups is 1. The lowest BCUT2D eigenvalue weighted by Gasteiger charge is -2.25. The first-order valence-electron chi connectivity index (χ1n) is 13.7. The van der Waals surface area contributed by atoms with Gasteiger partial charge in [-0.2, -0.15) is 0 Å². The predicted molar refractivity (Wildman–Crippen MR) is 163 cm³/mol. The molecule has 2 heterocycles. The molecule has 10 heteroatoms. The number of hydrogen-bond acceptors (Lipinski definition) is 6. The van der Waals surface area contributed by atoms with Gasteiger partial charge in [0.25, 0.3) is 5.56 Å². The molecule has 2 aromatic rings. The number of fused-ring (bicyclic) bond motifs is 1. The first kappa shape index (κ1) is 32.3. The number of hydrogen-bond donors (Lipinski definition) is 4. The van der Waals surface area contributed by atoms with E-state index in [0.717, 1.165) is 24.7 Å². The van der Waals surface area contributed by atoms with Crippen LogP contribution in [0.1, 0.15) is 68.3 Å². The van der Waals surface area contributed by atoms with E-state index in [1.54, 1.807) is 31.3 Å². The van der Waals surface area contributed by atoms with Crippen molar-refractivity contribution in [1.82, 2.24) is 14.0 Å². The molecule has 0 fully saturated rings. The maximum absolute atomic E-state index is 12.6. The van der Waals surface area contributed by atoms with Crippen LogP contribution in [0.5, 0.6) is 0 Å². The Morgan fingerprint density at radius 2 is 1.95 bits per heavy atom. The van der Waals surface area contributed by atoms with Crippen molar-refractivity contribution in [3.05, 3.63) is 69.0 Å². The van der Waals surface area contributed by atoms with Crippen molar-refractivity contribution in [2.24, 2.45) is 28.9 Å². The van der Waals surface area contributed by atoms with Gasteiger partial charge < -0.3 is 30.6 Å². The number of pyridine rings is 1. The summed E-state index contributed by atoms with van der Waals surface area (Å²) in [5.41, 5.74) is 16.1. The van der Waals surface area contributed by atoms with Crippen LogP contribution >= 0.6 is 0 Å². The van der Waals surface area contributed by atoms with Crippen LogP contribution in [0, 0.1) is 10.8 Å². The first-order valence-corrected chi connectivity index (χ1v) is 13.7. The molecule has 6 N–H and O–H groups in total. The molecule has 218 valence electrons. The number of nitrogens with zero attached hydrogens (tertiary/aromatic N) is 4. The standard InChI is InChI=1S/C28H39N7O3.C2H6/c1-6-21(19-12-23(27(38)34(5)15-19)32-25(30)7-8-29)22(17-37)26(31)33(4)9-10-35-20(16-36)11-18-13-28(2,3)14-24(18)35;1-2/h7-8,11-12,15-16,31,37H,6,9-10,13-14,17,29H2,1-5H3,(H2,30,32);1-2H3/b8-7-,22-21+,31-26?;. The zero-order valence-electron chi connectivity index (χ0n) is 24.9. The Hall–Kier alpha value is -3.92. The first-order chi connectivity index (χ1) is 19.0. The molecule has 0 spiro atoms. The summed E-state index contributed by atoms with van der Waals surface area (Å²) >= 11 is 0. The molecule has 1 aliphatic carbocycles. The van der Waals surface area contributed by atoms with Gasteiger partial charge in [-0.1, -0.05) is 34.6 Å². The van der Waals surface area contributed by atoms with Crippen LogP contribution in [0.4, 0.5) is 5.69 Å². The molecule has 40 heavy (non-hydrogen) atoms.